The number of hydrogen-bond acceptors (Lipinski definition) is 6. The van der Waals surface area contributed by atoms with Crippen molar-refractivity contribution in [3.8, 4) is 5.75 Å². The number of fused-ring (bicyclic) bond motifs is 2. The van der Waals surface area contributed by atoms with Gasteiger partial charge >= 0.3 is 0 Å². The minimum Gasteiger partial charge on any atom is -0.508 e. The Bertz CT molecular complexity index is 1130. The molecule has 0 spiro atoms. The molecule has 33 heavy (non-hydrogen) atoms. The molecule has 2 bridgehead atoms. The molecule has 1 aliphatic heterocycles. The number of likely N-dealkylation sites (N-methyl/N-ethyl adjacent to an activating group) is 1. The first-order valence-electron chi connectivity index (χ1n) is 12.1. The van der Waals surface area contributed by atoms with E-state index in [1.54, 1.807) is 12.1 Å². The Balaban J connectivity index is 1.57. The topological polar surface area (TPSA) is 109 Å². The lowest BCUT2D eigenvalue weighted by molar-refractivity contribution is -0.145. The number of aromatic hydroxyl groups is 1. The highest BCUT2D eigenvalue weighted by molar-refractivity contribution is 5.51. The average molecular weight is 454 g/mol. The number of H-pyrrole nitrogens is 1. The Morgan fingerprint density at radius 3 is 2.79 bits per heavy atom. The summed E-state index contributed by atoms with van der Waals surface area (Å²) in [6.45, 7) is 5.70. The fourth-order valence-corrected chi connectivity index (χ4v) is 6.49. The second-order valence-electron chi connectivity index (χ2n) is 10.7. The van der Waals surface area contributed by atoms with E-state index in [1.807, 2.05) is 12.1 Å². The van der Waals surface area contributed by atoms with Crippen molar-refractivity contribution in [3.63, 3.8) is 0 Å². The maximum atomic E-state index is 12.9. The van der Waals surface area contributed by atoms with Gasteiger partial charge in [0, 0.05) is 30.0 Å². The lowest BCUT2D eigenvalue weighted by atomic mass is 9.49. The molecule has 1 fully saturated rings. The van der Waals surface area contributed by atoms with E-state index in [2.05, 4.69) is 36.1 Å². The van der Waals surface area contributed by atoms with Crippen molar-refractivity contribution >= 4 is 0 Å². The molecule has 7 nitrogen and oxygen atoms in total. The molecular weight excluding hydrogens is 418 g/mol. The molecule has 1 saturated heterocycles. The zero-order valence-electron chi connectivity index (χ0n) is 19.7. The van der Waals surface area contributed by atoms with E-state index in [-0.39, 0.29) is 17.4 Å². The van der Waals surface area contributed by atoms with Crippen LogP contribution >= 0.6 is 0 Å². The van der Waals surface area contributed by atoms with Crippen molar-refractivity contribution in [2.45, 2.75) is 69.2 Å². The molecule has 2 heterocycles. The van der Waals surface area contributed by atoms with Crippen LogP contribution in [0.5, 0.6) is 5.75 Å². The summed E-state index contributed by atoms with van der Waals surface area (Å²) in [5, 5.41) is 36.3. The first kappa shape index (κ1) is 22.6. The third-order valence-corrected chi connectivity index (χ3v) is 8.36. The largest absolute Gasteiger partial charge is 0.508 e. The smallest absolute Gasteiger partial charge is 0.255 e. The molecule has 4 atom stereocenters. The van der Waals surface area contributed by atoms with Crippen molar-refractivity contribution in [2.24, 2.45) is 5.92 Å². The molecule has 3 aliphatic rings. The van der Waals surface area contributed by atoms with Crippen LogP contribution in [0.25, 0.3) is 0 Å². The number of phenolic OH excluding ortho intramolecular Hbond substituents is 1. The molecule has 5 N–H and O–H groups in total. The third-order valence-electron chi connectivity index (χ3n) is 8.36. The number of nitrogens with zero attached hydrogens (tertiary/aromatic N) is 1. The second-order valence-corrected chi connectivity index (χ2v) is 10.7. The van der Waals surface area contributed by atoms with Gasteiger partial charge in [0.15, 0.2) is 0 Å². The molecule has 2 aromatic rings. The van der Waals surface area contributed by atoms with Crippen LogP contribution < -0.4 is 10.9 Å². The van der Waals surface area contributed by atoms with Gasteiger partial charge in [0.2, 0.25) is 0 Å². The Morgan fingerprint density at radius 2 is 2.03 bits per heavy atom. The number of aliphatic hydroxyl groups excluding tert-OH is 1. The summed E-state index contributed by atoms with van der Waals surface area (Å²) in [6, 6.07) is 7.22. The van der Waals surface area contributed by atoms with E-state index >= 15 is 0 Å². The lowest BCUT2D eigenvalue weighted by Gasteiger charge is -2.63. The zero-order chi connectivity index (χ0) is 23.5. The number of nitrogens with one attached hydrogen (secondary N) is 2. The molecule has 2 aliphatic carbocycles. The Labute approximate surface area is 194 Å². The van der Waals surface area contributed by atoms with Crippen LogP contribution in [0.15, 0.2) is 29.1 Å². The molecule has 178 valence electrons. The monoisotopic (exact) mass is 453 g/mol. The van der Waals surface area contributed by atoms with Crippen LogP contribution in [0.2, 0.25) is 0 Å². The van der Waals surface area contributed by atoms with Gasteiger partial charge in [-0.1, -0.05) is 19.9 Å². The summed E-state index contributed by atoms with van der Waals surface area (Å²) in [5.41, 5.74) is 2.27. The highest BCUT2D eigenvalue weighted by Crippen LogP contribution is 2.56. The summed E-state index contributed by atoms with van der Waals surface area (Å²) in [7, 11) is 2.06. The number of pyridine rings is 1. The highest BCUT2D eigenvalue weighted by Gasteiger charge is 2.64. The SMILES string of the molecule is CC(C)CCNC(O)c1cc2c([nH]c1=O)C[C@]13CCN(C)[C@H](Cc4ccc(O)cc41)[C@]3(O)C2. The number of aromatic nitrogens is 1. The quantitative estimate of drug-likeness (QED) is 0.441. The van der Waals surface area contributed by atoms with Crippen LogP contribution in [-0.2, 0) is 24.7 Å². The van der Waals surface area contributed by atoms with Crippen molar-refractivity contribution in [2.75, 3.05) is 20.1 Å². The Kier molecular flexibility index (Phi) is 5.44. The maximum absolute atomic E-state index is 12.9. The number of piperidine rings is 1. The first-order valence-corrected chi connectivity index (χ1v) is 12.1. The molecule has 1 aromatic heterocycles. The molecule has 1 aromatic carbocycles. The average Bonchev–Trinajstić information content (AvgIpc) is 2.74. The normalized spacial score (nSPS) is 29.3. The Morgan fingerprint density at radius 1 is 1.24 bits per heavy atom. The predicted molar refractivity (Wildman–Crippen MR) is 126 cm³/mol. The number of hydrogen-bond donors (Lipinski definition) is 5. The van der Waals surface area contributed by atoms with Gasteiger partial charge in [-0.25, -0.2) is 0 Å². The van der Waals surface area contributed by atoms with Gasteiger partial charge < -0.3 is 25.2 Å². The van der Waals surface area contributed by atoms with E-state index in [9.17, 15) is 20.1 Å². The van der Waals surface area contributed by atoms with E-state index in [0.29, 0.717) is 30.9 Å². The summed E-state index contributed by atoms with van der Waals surface area (Å²) >= 11 is 0. The van der Waals surface area contributed by atoms with Crippen molar-refractivity contribution in [1.29, 1.82) is 0 Å². The number of rotatable bonds is 5. The van der Waals surface area contributed by atoms with E-state index in [0.717, 1.165) is 48.2 Å². The molecule has 0 radical (unpaired) electrons. The number of aliphatic hydroxyl groups is 2. The molecule has 5 rings (SSSR count). The van der Waals surface area contributed by atoms with E-state index < -0.39 is 17.2 Å². The first-order chi connectivity index (χ1) is 15.6. The summed E-state index contributed by atoms with van der Waals surface area (Å²) in [5.74, 6) is 0.704. The van der Waals surface area contributed by atoms with Gasteiger partial charge in [0.25, 0.3) is 5.56 Å². The zero-order valence-corrected chi connectivity index (χ0v) is 19.7. The maximum Gasteiger partial charge on any atom is 0.255 e. The minimum atomic E-state index is -1.05. The molecular formula is C26H35N3O4. The predicted octanol–water partition coefficient (Wildman–Crippen LogP) is 1.73. The second kappa shape index (κ2) is 7.94. The van der Waals surface area contributed by atoms with Crippen LogP contribution in [-0.4, -0.2) is 57.0 Å². The van der Waals surface area contributed by atoms with Gasteiger partial charge in [-0.3, -0.25) is 10.1 Å². The number of benzene rings is 1. The van der Waals surface area contributed by atoms with Gasteiger partial charge in [0.05, 0.1) is 11.2 Å². The minimum absolute atomic E-state index is 0.0547. The highest BCUT2D eigenvalue weighted by atomic mass is 16.3. The van der Waals surface area contributed by atoms with Crippen LogP contribution in [0.4, 0.5) is 0 Å². The van der Waals surface area contributed by atoms with Crippen LogP contribution in [0.1, 0.15) is 60.9 Å². The van der Waals surface area contributed by atoms with Crippen molar-refractivity contribution in [1.82, 2.24) is 15.2 Å². The molecule has 0 amide bonds. The summed E-state index contributed by atoms with van der Waals surface area (Å²) in [6.07, 6.45) is 2.23. The number of phenols is 1. The summed E-state index contributed by atoms with van der Waals surface area (Å²) < 4.78 is 0. The van der Waals surface area contributed by atoms with Crippen molar-refractivity contribution < 1.29 is 15.3 Å². The van der Waals surface area contributed by atoms with E-state index in [4.69, 9.17) is 0 Å². The molecule has 1 unspecified atom stereocenters. The number of likely N-dealkylation sites (tertiary alicyclic amines) is 1. The van der Waals surface area contributed by atoms with Crippen LogP contribution in [0, 0.1) is 5.92 Å². The molecule has 7 heteroatoms. The van der Waals surface area contributed by atoms with Gasteiger partial charge in [-0.05, 0) is 80.2 Å². The molecule has 0 saturated carbocycles. The Hall–Kier alpha value is -2.19. The fraction of sp³-hybridized carbons (Fsp3) is 0.577. The van der Waals surface area contributed by atoms with Crippen molar-refractivity contribution in [3.05, 3.63) is 62.6 Å². The van der Waals surface area contributed by atoms with Crippen LogP contribution in [0.3, 0.4) is 0 Å². The fourth-order valence-electron chi connectivity index (χ4n) is 6.49. The third kappa shape index (κ3) is 3.44. The number of aromatic amines is 1. The van der Waals surface area contributed by atoms with Gasteiger partial charge in [-0.15, -0.1) is 0 Å². The standard InChI is InChI=1S/C26H35N3O4/c1-15(2)6-8-27-23(31)19-10-17-13-26(33)22-11-16-4-5-18(30)12-20(16)25(26,7-9-29(22)3)14-21(17)28-24(19)32/h4-5,10,12,15,22-23,27,30-31,33H,6-9,11,13-14H2,1-3H3,(H,28,32)/t22-,23?,25-,26-/m1/s1. The van der Waals surface area contributed by atoms with Gasteiger partial charge in [0.1, 0.15) is 12.0 Å². The summed E-state index contributed by atoms with van der Waals surface area (Å²) in [4.78, 5) is 18.2. The lowest BCUT2D eigenvalue weighted by Crippen LogP contribution is -2.73. The van der Waals surface area contributed by atoms with Gasteiger partial charge in [-0.2, -0.15) is 0 Å². The van der Waals surface area contributed by atoms with E-state index in [1.165, 1.54) is 0 Å².